The molecule has 1 unspecified atom stereocenters. The maximum absolute atomic E-state index is 12.0. The molecule has 1 atom stereocenters. The number of hydrogen-bond donors (Lipinski definition) is 2. The summed E-state index contributed by atoms with van der Waals surface area (Å²) in [5, 5.41) is 10.2. The summed E-state index contributed by atoms with van der Waals surface area (Å²) in [5.41, 5.74) is 1.84. The first-order chi connectivity index (χ1) is 9.25. The number of benzene rings is 1. The lowest BCUT2D eigenvalue weighted by Gasteiger charge is -2.22. The van der Waals surface area contributed by atoms with Crippen LogP contribution in [-0.4, -0.2) is 21.3 Å². The van der Waals surface area contributed by atoms with Gasteiger partial charge in [0, 0.05) is 0 Å². The summed E-state index contributed by atoms with van der Waals surface area (Å²) in [6, 6.07) is 8.09. The van der Waals surface area contributed by atoms with E-state index in [2.05, 4.69) is 15.5 Å². The predicted molar refractivity (Wildman–Crippen MR) is 73.5 cm³/mol. The van der Waals surface area contributed by atoms with Gasteiger partial charge >= 0.3 is 5.69 Å². The fourth-order valence-corrected chi connectivity index (χ4v) is 2.63. The lowest BCUT2D eigenvalue weighted by Crippen LogP contribution is -2.30. The largest absolute Gasteiger partial charge is 0.347 e. The van der Waals surface area contributed by atoms with E-state index < -0.39 is 0 Å². The molecule has 1 aromatic heterocycles. The maximum atomic E-state index is 12.0. The van der Waals surface area contributed by atoms with Gasteiger partial charge in [0.15, 0.2) is 5.82 Å². The molecule has 0 radical (unpaired) electrons. The number of rotatable bonds is 2. The standard InChI is InChI=1S/C14H18N4O/c1-10-5-4-6-11(9-10)18-13(16-17-14(18)19)12-7-2-3-8-15-12/h4-6,9,12,15H,2-3,7-8H2,1H3,(H,17,19). The number of piperidine rings is 1. The molecule has 19 heavy (non-hydrogen) atoms. The van der Waals surface area contributed by atoms with Crippen molar-refractivity contribution < 1.29 is 0 Å². The van der Waals surface area contributed by atoms with Crippen LogP contribution in [0.25, 0.3) is 5.69 Å². The van der Waals surface area contributed by atoms with Gasteiger partial charge in [-0.1, -0.05) is 18.6 Å². The van der Waals surface area contributed by atoms with Crippen LogP contribution in [0.4, 0.5) is 0 Å². The molecule has 1 aromatic carbocycles. The van der Waals surface area contributed by atoms with E-state index >= 15 is 0 Å². The minimum Gasteiger partial charge on any atom is -0.307 e. The van der Waals surface area contributed by atoms with Crippen LogP contribution in [0, 0.1) is 6.92 Å². The van der Waals surface area contributed by atoms with E-state index in [0.29, 0.717) is 0 Å². The zero-order chi connectivity index (χ0) is 13.2. The van der Waals surface area contributed by atoms with Crippen molar-refractivity contribution in [3.8, 4) is 5.69 Å². The summed E-state index contributed by atoms with van der Waals surface area (Å²) in [6.07, 6.45) is 3.39. The van der Waals surface area contributed by atoms with Gasteiger partial charge in [-0.05, 0) is 44.0 Å². The van der Waals surface area contributed by atoms with Crippen molar-refractivity contribution in [3.05, 3.63) is 46.1 Å². The molecular formula is C14H18N4O. The molecule has 5 heteroatoms. The molecule has 2 aromatic rings. The van der Waals surface area contributed by atoms with Crippen molar-refractivity contribution in [2.75, 3.05) is 6.54 Å². The normalized spacial score (nSPS) is 19.5. The van der Waals surface area contributed by atoms with E-state index in [9.17, 15) is 4.79 Å². The lowest BCUT2D eigenvalue weighted by molar-refractivity contribution is 0.393. The third-order valence-corrected chi connectivity index (χ3v) is 3.58. The summed E-state index contributed by atoms with van der Waals surface area (Å²) in [7, 11) is 0. The second-order valence-corrected chi connectivity index (χ2v) is 5.06. The molecule has 0 spiro atoms. The van der Waals surface area contributed by atoms with Crippen molar-refractivity contribution >= 4 is 0 Å². The number of aryl methyl sites for hydroxylation is 1. The van der Waals surface area contributed by atoms with Crippen molar-refractivity contribution in [1.82, 2.24) is 20.1 Å². The Morgan fingerprint density at radius 2 is 2.26 bits per heavy atom. The van der Waals surface area contributed by atoms with Gasteiger partial charge in [-0.3, -0.25) is 0 Å². The van der Waals surface area contributed by atoms with E-state index in [-0.39, 0.29) is 11.7 Å². The van der Waals surface area contributed by atoms with Crippen LogP contribution in [0.5, 0.6) is 0 Å². The summed E-state index contributed by atoms with van der Waals surface area (Å²) in [6.45, 7) is 3.01. The highest BCUT2D eigenvalue weighted by Gasteiger charge is 2.22. The van der Waals surface area contributed by atoms with Gasteiger partial charge in [0.2, 0.25) is 0 Å². The average Bonchev–Trinajstić information content (AvgIpc) is 2.82. The molecule has 1 fully saturated rings. The van der Waals surface area contributed by atoms with E-state index in [1.165, 1.54) is 12.8 Å². The molecule has 1 saturated heterocycles. The first-order valence-corrected chi connectivity index (χ1v) is 6.73. The highest BCUT2D eigenvalue weighted by molar-refractivity contribution is 5.36. The van der Waals surface area contributed by atoms with Crippen molar-refractivity contribution in [2.45, 2.75) is 32.2 Å². The van der Waals surface area contributed by atoms with E-state index in [1.54, 1.807) is 4.57 Å². The monoisotopic (exact) mass is 258 g/mol. The Morgan fingerprint density at radius 1 is 1.37 bits per heavy atom. The van der Waals surface area contributed by atoms with Crippen LogP contribution in [-0.2, 0) is 0 Å². The second-order valence-electron chi connectivity index (χ2n) is 5.06. The third kappa shape index (κ3) is 2.33. The highest BCUT2D eigenvalue weighted by atomic mass is 16.1. The fraction of sp³-hybridized carbons (Fsp3) is 0.429. The van der Waals surface area contributed by atoms with E-state index in [1.807, 2.05) is 31.2 Å². The van der Waals surface area contributed by atoms with Crippen LogP contribution in [0.3, 0.4) is 0 Å². The van der Waals surface area contributed by atoms with Crippen molar-refractivity contribution in [3.63, 3.8) is 0 Å². The molecule has 1 aliphatic rings. The first-order valence-electron chi connectivity index (χ1n) is 6.73. The SMILES string of the molecule is Cc1cccc(-n2c(C3CCCCN3)n[nH]c2=O)c1. The van der Waals surface area contributed by atoms with Crippen LogP contribution in [0.1, 0.15) is 36.7 Å². The Kier molecular flexibility index (Phi) is 3.21. The Bertz CT molecular complexity index is 622. The molecule has 5 nitrogen and oxygen atoms in total. The summed E-state index contributed by atoms with van der Waals surface area (Å²) >= 11 is 0. The number of nitrogens with one attached hydrogen (secondary N) is 2. The Labute approximate surface area is 111 Å². The maximum Gasteiger partial charge on any atom is 0.347 e. The molecule has 0 bridgehead atoms. The van der Waals surface area contributed by atoms with Gasteiger partial charge in [-0.15, -0.1) is 0 Å². The van der Waals surface area contributed by atoms with Gasteiger partial charge < -0.3 is 5.32 Å². The molecule has 0 saturated carbocycles. The molecular weight excluding hydrogens is 240 g/mol. The summed E-state index contributed by atoms with van der Waals surface area (Å²) in [5.74, 6) is 0.787. The zero-order valence-corrected chi connectivity index (χ0v) is 11.0. The minimum atomic E-state index is -0.173. The molecule has 2 heterocycles. The minimum absolute atomic E-state index is 0.160. The van der Waals surface area contributed by atoms with Crippen LogP contribution in [0.2, 0.25) is 0 Å². The molecule has 2 N–H and O–H groups in total. The predicted octanol–water partition coefficient (Wildman–Crippen LogP) is 1.68. The summed E-state index contributed by atoms with van der Waals surface area (Å²) in [4.78, 5) is 12.0. The fourth-order valence-electron chi connectivity index (χ4n) is 2.63. The number of nitrogens with zero attached hydrogens (tertiary/aromatic N) is 2. The van der Waals surface area contributed by atoms with E-state index in [0.717, 1.165) is 30.0 Å². The number of aromatic nitrogens is 3. The molecule has 3 rings (SSSR count). The van der Waals surface area contributed by atoms with Crippen molar-refractivity contribution in [2.24, 2.45) is 0 Å². The topological polar surface area (TPSA) is 62.7 Å². The van der Waals surface area contributed by atoms with E-state index in [4.69, 9.17) is 0 Å². The molecule has 0 aliphatic carbocycles. The summed E-state index contributed by atoms with van der Waals surface area (Å²) < 4.78 is 1.68. The Balaban J connectivity index is 2.05. The third-order valence-electron chi connectivity index (χ3n) is 3.58. The van der Waals surface area contributed by atoms with Crippen molar-refractivity contribution in [1.29, 1.82) is 0 Å². The van der Waals surface area contributed by atoms with Gasteiger partial charge in [0.25, 0.3) is 0 Å². The van der Waals surface area contributed by atoms with Crippen LogP contribution >= 0.6 is 0 Å². The Hall–Kier alpha value is -1.88. The number of H-pyrrole nitrogens is 1. The molecule has 0 amide bonds. The van der Waals surface area contributed by atoms with Gasteiger partial charge in [-0.2, -0.15) is 5.10 Å². The Morgan fingerprint density at radius 3 is 3.00 bits per heavy atom. The smallest absolute Gasteiger partial charge is 0.307 e. The molecule has 100 valence electrons. The number of hydrogen-bond acceptors (Lipinski definition) is 3. The van der Waals surface area contributed by atoms with Gasteiger partial charge in [0.05, 0.1) is 11.7 Å². The second kappa shape index (κ2) is 5.01. The van der Waals surface area contributed by atoms with Gasteiger partial charge in [0.1, 0.15) is 0 Å². The van der Waals surface area contributed by atoms with Gasteiger partial charge in [-0.25, -0.2) is 14.5 Å². The average molecular weight is 258 g/mol. The zero-order valence-electron chi connectivity index (χ0n) is 11.0. The van der Waals surface area contributed by atoms with Crippen LogP contribution in [0.15, 0.2) is 29.1 Å². The lowest BCUT2D eigenvalue weighted by atomic mass is 10.0. The quantitative estimate of drug-likeness (QED) is 0.861. The number of aromatic amines is 1. The first kappa shape index (κ1) is 12.2. The van der Waals surface area contributed by atoms with Crippen LogP contribution < -0.4 is 11.0 Å². The molecule has 1 aliphatic heterocycles. The highest BCUT2D eigenvalue weighted by Crippen LogP contribution is 2.22.